The molecule has 0 bridgehead atoms. The summed E-state index contributed by atoms with van der Waals surface area (Å²) in [6.07, 6.45) is 2.70. The molecule has 0 saturated heterocycles. The Balaban J connectivity index is 2.02. The lowest BCUT2D eigenvalue weighted by Crippen LogP contribution is -2.15. The van der Waals surface area contributed by atoms with Gasteiger partial charge in [0.1, 0.15) is 0 Å². The quantitative estimate of drug-likeness (QED) is 0.794. The van der Waals surface area contributed by atoms with Crippen molar-refractivity contribution in [3.63, 3.8) is 0 Å². The van der Waals surface area contributed by atoms with Gasteiger partial charge < -0.3 is 11.1 Å². The van der Waals surface area contributed by atoms with Gasteiger partial charge >= 0.3 is 0 Å². The summed E-state index contributed by atoms with van der Waals surface area (Å²) in [5, 5.41) is 3.50. The lowest BCUT2D eigenvalue weighted by atomic mass is 10.1. The van der Waals surface area contributed by atoms with Crippen molar-refractivity contribution in [1.82, 2.24) is 9.97 Å². The van der Waals surface area contributed by atoms with E-state index in [0.29, 0.717) is 17.4 Å². The maximum Gasteiger partial charge on any atom is 0.224 e. The Kier molecular flexibility index (Phi) is 3.19. The number of nitrogens with one attached hydrogen (secondary N) is 1. The Labute approximate surface area is 101 Å². The van der Waals surface area contributed by atoms with E-state index in [1.54, 1.807) is 0 Å². The highest BCUT2D eigenvalue weighted by Gasteiger charge is 2.27. The van der Waals surface area contributed by atoms with Crippen molar-refractivity contribution in [2.75, 3.05) is 17.6 Å². The Morgan fingerprint density at radius 1 is 1.50 bits per heavy atom. The van der Waals surface area contributed by atoms with Crippen molar-refractivity contribution < 1.29 is 0 Å². The van der Waals surface area contributed by atoms with Gasteiger partial charge in [0.05, 0.1) is 11.4 Å². The number of hydrogen-bond acceptors (Lipinski definition) is 4. The third kappa shape index (κ3) is 2.55. The smallest absolute Gasteiger partial charge is 0.224 e. The molecule has 16 heavy (non-hydrogen) atoms. The number of aromatic nitrogens is 2. The summed E-state index contributed by atoms with van der Waals surface area (Å²) in [5.41, 5.74) is 7.20. The van der Waals surface area contributed by atoms with Crippen molar-refractivity contribution in [3.05, 3.63) is 11.0 Å². The number of rotatable bonds is 4. The zero-order valence-corrected chi connectivity index (χ0v) is 10.4. The predicted molar refractivity (Wildman–Crippen MR) is 66.6 cm³/mol. The van der Waals surface area contributed by atoms with Gasteiger partial charge in [0, 0.05) is 6.54 Å². The van der Waals surface area contributed by atoms with Crippen LogP contribution < -0.4 is 11.1 Å². The third-order valence-corrected chi connectivity index (χ3v) is 3.30. The second kappa shape index (κ2) is 4.45. The van der Waals surface area contributed by atoms with Crippen molar-refractivity contribution in [2.45, 2.75) is 26.7 Å². The first-order valence-electron chi connectivity index (χ1n) is 5.61. The minimum atomic E-state index is 0.244. The van der Waals surface area contributed by atoms with Gasteiger partial charge in [0.15, 0.2) is 5.82 Å². The third-order valence-electron chi connectivity index (χ3n) is 3.13. The fourth-order valence-electron chi connectivity index (χ4n) is 1.77. The molecule has 1 heterocycles. The highest BCUT2D eigenvalue weighted by Crippen LogP contribution is 2.36. The van der Waals surface area contributed by atoms with Gasteiger partial charge in [-0.2, -0.15) is 4.98 Å². The Morgan fingerprint density at radius 2 is 2.19 bits per heavy atom. The molecule has 0 aromatic carbocycles. The van der Waals surface area contributed by atoms with Gasteiger partial charge in [0.2, 0.25) is 5.28 Å². The van der Waals surface area contributed by atoms with E-state index in [1.807, 2.05) is 6.92 Å². The number of nitrogens with zero attached hydrogens (tertiary/aromatic N) is 2. The van der Waals surface area contributed by atoms with E-state index in [2.05, 4.69) is 22.2 Å². The molecule has 0 spiro atoms. The van der Waals surface area contributed by atoms with E-state index in [4.69, 9.17) is 17.3 Å². The van der Waals surface area contributed by atoms with Crippen LogP contribution in [0.4, 0.5) is 11.5 Å². The monoisotopic (exact) mass is 240 g/mol. The molecule has 1 atom stereocenters. The van der Waals surface area contributed by atoms with Gasteiger partial charge in [-0.05, 0) is 43.2 Å². The summed E-state index contributed by atoms with van der Waals surface area (Å²) in [5.74, 6) is 2.19. The van der Waals surface area contributed by atoms with Crippen molar-refractivity contribution >= 4 is 23.1 Å². The lowest BCUT2D eigenvalue weighted by Gasteiger charge is -2.14. The van der Waals surface area contributed by atoms with E-state index in [0.717, 1.165) is 18.2 Å². The molecule has 1 saturated carbocycles. The summed E-state index contributed by atoms with van der Waals surface area (Å²) < 4.78 is 0. The van der Waals surface area contributed by atoms with Crippen LogP contribution in [0, 0.1) is 18.8 Å². The van der Waals surface area contributed by atoms with Crippen LogP contribution in [-0.2, 0) is 0 Å². The second-order valence-electron chi connectivity index (χ2n) is 4.54. The molecule has 1 aromatic heterocycles. The molecule has 1 unspecified atom stereocenters. The van der Waals surface area contributed by atoms with E-state index < -0.39 is 0 Å². The van der Waals surface area contributed by atoms with Crippen LogP contribution in [0.3, 0.4) is 0 Å². The Bertz CT molecular complexity index is 390. The van der Waals surface area contributed by atoms with Crippen molar-refractivity contribution in [3.8, 4) is 0 Å². The normalized spacial score (nSPS) is 17.2. The molecular weight excluding hydrogens is 224 g/mol. The molecule has 1 aromatic rings. The molecule has 1 aliphatic rings. The lowest BCUT2D eigenvalue weighted by molar-refractivity contribution is 0.536. The highest BCUT2D eigenvalue weighted by atomic mass is 35.5. The van der Waals surface area contributed by atoms with Crippen molar-refractivity contribution in [1.29, 1.82) is 0 Å². The maximum absolute atomic E-state index is 5.88. The molecule has 0 aliphatic heterocycles. The summed E-state index contributed by atoms with van der Waals surface area (Å²) in [6, 6.07) is 0. The largest absolute Gasteiger partial charge is 0.394 e. The van der Waals surface area contributed by atoms with Crippen LogP contribution in [0.15, 0.2) is 0 Å². The maximum atomic E-state index is 5.88. The SMILES string of the molecule is Cc1nc(Cl)nc(NCC(C)C2CC2)c1N. The first-order chi connectivity index (χ1) is 7.58. The van der Waals surface area contributed by atoms with Crippen molar-refractivity contribution in [2.24, 2.45) is 11.8 Å². The molecule has 88 valence electrons. The van der Waals surface area contributed by atoms with Crippen LogP contribution in [0.2, 0.25) is 5.28 Å². The summed E-state index contributed by atoms with van der Waals surface area (Å²) in [4.78, 5) is 8.10. The van der Waals surface area contributed by atoms with Gasteiger partial charge in [-0.3, -0.25) is 0 Å². The van der Waals surface area contributed by atoms with Crippen LogP contribution in [-0.4, -0.2) is 16.5 Å². The van der Waals surface area contributed by atoms with E-state index in [9.17, 15) is 0 Å². The number of hydrogen-bond donors (Lipinski definition) is 2. The summed E-state index contributed by atoms with van der Waals surface area (Å²) >= 11 is 5.79. The molecule has 5 heteroatoms. The number of aryl methyl sites for hydroxylation is 1. The van der Waals surface area contributed by atoms with Crippen LogP contribution >= 0.6 is 11.6 Å². The average Bonchev–Trinajstić information content (AvgIpc) is 3.04. The predicted octanol–water partition coefficient (Wildman–Crippen LogP) is 2.48. The molecule has 3 N–H and O–H groups in total. The summed E-state index contributed by atoms with van der Waals surface area (Å²) in [7, 11) is 0. The fourth-order valence-corrected chi connectivity index (χ4v) is 1.98. The Morgan fingerprint density at radius 3 is 2.81 bits per heavy atom. The highest BCUT2D eigenvalue weighted by molar-refractivity contribution is 6.28. The van der Waals surface area contributed by atoms with Crippen LogP contribution in [0.1, 0.15) is 25.5 Å². The molecular formula is C11H17ClN4. The summed E-state index contributed by atoms with van der Waals surface area (Å²) in [6.45, 7) is 4.97. The molecule has 2 rings (SSSR count). The first kappa shape index (κ1) is 11.5. The number of nitrogens with two attached hydrogens (primary N) is 1. The average molecular weight is 241 g/mol. The second-order valence-corrected chi connectivity index (χ2v) is 4.87. The van der Waals surface area contributed by atoms with E-state index >= 15 is 0 Å². The van der Waals surface area contributed by atoms with E-state index in [-0.39, 0.29) is 5.28 Å². The minimum absolute atomic E-state index is 0.244. The molecule has 1 aliphatic carbocycles. The standard InChI is InChI=1S/C11H17ClN4/c1-6(8-3-4-8)5-14-10-9(13)7(2)15-11(12)16-10/h6,8H,3-5,13H2,1-2H3,(H,14,15,16). The molecule has 4 nitrogen and oxygen atoms in total. The zero-order chi connectivity index (χ0) is 11.7. The fraction of sp³-hybridized carbons (Fsp3) is 0.636. The van der Waals surface area contributed by atoms with Crippen LogP contribution in [0.25, 0.3) is 0 Å². The van der Waals surface area contributed by atoms with Gasteiger partial charge in [-0.25, -0.2) is 4.98 Å². The Hall–Kier alpha value is -1.03. The molecule has 0 radical (unpaired) electrons. The number of nitrogen functional groups attached to an aromatic ring is 1. The van der Waals surface area contributed by atoms with Gasteiger partial charge in [0.25, 0.3) is 0 Å². The molecule has 0 amide bonds. The number of halogens is 1. The van der Waals surface area contributed by atoms with Gasteiger partial charge in [-0.15, -0.1) is 0 Å². The first-order valence-corrected chi connectivity index (χ1v) is 5.99. The minimum Gasteiger partial charge on any atom is -0.394 e. The molecule has 1 fully saturated rings. The van der Waals surface area contributed by atoms with E-state index in [1.165, 1.54) is 12.8 Å². The zero-order valence-electron chi connectivity index (χ0n) is 9.63. The van der Waals surface area contributed by atoms with Gasteiger partial charge in [-0.1, -0.05) is 6.92 Å². The van der Waals surface area contributed by atoms with Crippen LogP contribution in [0.5, 0.6) is 0 Å². The topological polar surface area (TPSA) is 63.8 Å². The number of anilines is 2.